The van der Waals surface area contributed by atoms with Crippen molar-refractivity contribution in [2.24, 2.45) is 0 Å². The molecule has 0 saturated carbocycles. The highest BCUT2D eigenvalue weighted by atomic mass is 32.1. The molecule has 24 heavy (non-hydrogen) atoms. The van der Waals surface area contributed by atoms with Gasteiger partial charge in [0.1, 0.15) is 11.4 Å². The summed E-state index contributed by atoms with van der Waals surface area (Å²) in [4.78, 5) is 22.7. The number of nitrogens with one attached hydrogen (secondary N) is 1. The lowest BCUT2D eigenvalue weighted by molar-refractivity contribution is 0.103. The number of aryl methyl sites for hydroxylation is 1. The molecule has 124 valence electrons. The number of benzene rings is 1. The van der Waals surface area contributed by atoms with Gasteiger partial charge in [-0.25, -0.2) is 4.98 Å². The molecule has 0 radical (unpaired) electrons. The summed E-state index contributed by atoms with van der Waals surface area (Å²) in [7, 11) is 3.14. The topological polar surface area (TPSA) is 73.3 Å². The Morgan fingerprint density at radius 1 is 1.21 bits per heavy atom. The minimum atomic E-state index is -0.169. The molecule has 1 amide bonds. The standard InChI is InChI=1S/C17H17N3O3S/c1-10-13-16(23-3)19-12(9-22-2)20-17(13)24-14(10)15(21)18-11-7-5-4-6-8-11/h4-8H,9H2,1-3H3,(H,18,21). The van der Waals surface area contributed by atoms with Gasteiger partial charge in [-0.3, -0.25) is 4.79 Å². The number of amides is 1. The number of thiophene rings is 1. The second-order valence-electron chi connectivity index (χ2n) is 5.14. The van der Waals surface area contributed by atoms with E-state index in [1.54, 1.807) is 14.2 Å². The number of hydrogen-bond acceptors (Lipinski definition) is 6. The molecule has 0 aliphatic heterocycles. The summed E-state index contributed by atoms with van der Waals surface area (Å²) in [6.45, 7) is 2.16. The van der Waals surface area contributed by atoms with Crippen molar-refractivity contribution < 1.29 is 14.3 Å². The van der Waals surface area contributed by atoms with Crippen LogP contribution in [0.2, 0.25) is 0 Å². The third-order valence-corrected chi connectivity index (χ3v) is 4.69. The smallest absolute Gasteiger partial charge is 0.266 e. The van der Waals surface area contributed by atoms with E-state index in [-0.39, 0.29) is 12.5 Å². The first-order valence-corrected chi connectivity index (χ1v) is 8.15. The van der Waals surface area contributed by atoms with Crippen LogP contribution in [0.15, 0.2) is 30.3 Å². The highest BCUT2D eigenvalue weighted by Gasteiger charge is 2.21. The van der Waals surface area contributed by atoms with Gasteiger partial charge in [0.15, 0.2) is 5.82 Å². The van der Waals surface area contributed by atoms with Crippen LogP contribution in [-0.2, 0) is 11.3 Å². The lowest BCUT2D eigenvalue weighted by atomic mass is 10.2. The molecule has 7 heteroatoms. The second-order valence-corrected chi connectivity index (χ2v) is 6.14. The van der Waals surface area contributed by atoms with Gasteiger partial charge in [-0.05, 0) is 24.6 Å². The molecule has 1 N–H and O–H groups in total. The summed E-state index contributed by atoms with van der Waals surface area (Å²) in [6, 6.07) is 9.34. The van der Waals surface area contributed by atoms with Crippen molar-refractivity contribution in [3.63, 3.8) is 0 Å². The molecule has 0 saturated heterocycles. The number of anilines is 1. The van der Waals surface area contributed by atoms with Gasteiger partial charge >= 0.3 is 0 Å². The van der Waals surface area contributed by atoms with Crippen molar-refractivity contribution in [3.8, 4) is 5.88 Å². The van der Waals surface area contributed by atoms with E-state index in [2.05, 4.69) is 15.3 Å². The van der Waals surface area contributed by atoms with Crippen molar-refractivity contribution in [1.82, 2.24) is 9.97 Å². The number of methoxy groups -OCH3 is 2. The molecule has 2 aromatic heterocycles. The molecule has 2 heterocycles. The second kappa shape index (κ2) is 6.94. The van der Waals surface area contributed by atoms with E-state index < -0.39 is 0 Å². The van der Waals surface area contributed by atoms with Gasteiger partial charge < -0.3 is 14.8 Å². The van der Waals surface area contributed by atoms with Gasteiger partial charge in [0, 0.05) is 12.8 Å². The SMILES string of the molecule is COCc1nc(OC)c2c(C)c(C(=O)Nc3ccccc3)sc2n1. The lowest BCUT2D eigenvalue weighted by Gasteiger charge is -2.05. The number of fused-ring (bicyclic) bond motifs is 1. The Kier molecular flexibility index (Phi) is 4.73. The zero-order valence-electron chi connectivity index (χ0n) is 13.6. The Balaban J connectivity index is 2.02. The predicted octanol–water partition coefficient (Wildman–Crippen LogP) is 3.41. The summed E-state index contributed by atoms with van der Waals surface area (Å²) < 4.78 is 10.5. The number of aromatic nitrogens is 2. The molecule has 0 atom stereocenters. The van der Waals surface area contributed by atoms with Gasteiger partial charge in [0.25, 0.3) is 5.91 Å². The Morgan fingerprint density at radius 3 is 2.62 bits per heavy atom. The van der Waals surface area contributed by atoms with Crippen LogP contribution in [0.3, 0.4) is 0 Å². The quantitative estimate of drug-likeness (QED) is 0.768. The highest BCUT2D eigenvalue weighted by molar-refractivity contribution is 7.20. The highest BCUT2D eigenvalue weighted by Crippen LogP contribution is 2.35. The van der Waals surface area contributed by atoms with Gasteiger partial charge in [0.2, 0.25) is 5.88 Å². The Labute approximate surface area is 143 Å². The molecule has 0 spiro atoms. The lowest BCUT2D eigenvalue weighted by Crippen LogP contribution is -2.11. The number of hydrogen-bond donors (Lipinski definition) is 1. The Morgan fingerprint density at radius 2 is 1.96 bits per heavy atom. The van der Waals surface area contributed by atoms with Crippen LogP contribution >= 0.6 is 11.3 Å². The first-order valence-electron chi connectivity index (χ1n) is 7.33. The maximum atomic E-state index is 12.6. The normalized spacial score (nSPS) is 10.8. The third kappa shape index (κ3) is 3.08. The number of ether oxygens (including phenoxy) is 2. The predicted molar refractivity (Wildman–Crippen MR) is 93.8 cm³/mol. The van der Waals surface area contributed by atoms with E-state index in [9.17, 15) is 4.79 Å². The summed E-state index contributed by atoms with van der Waals surface area (Å²) in [5.41, 5.74) is 1.56. The number of rotatable bonds is 5. The molecule has 0 fully saturated rings. The van der Waals surface area contributed by atoms with Crippen LogP contribution in [0, 0.1) is 6.92 Å². The van der Waals surface area contributed by atoms with Crippen LogP contribution in [0.25, 0.3) is 10.2 Å². The maximum absolute atomic E-state index is 12.6. The first-order chi connectivity index (χ1) is 11.6. The van der Waals surface area contributed by atoms with Gasteiger partial charge in [-0.2, -0.15) is 4.98 Å². The van der Waals surface area contributed by atoms with Crippen LogP contribution in [0.1, 0.15) is 21.1 Å². The molecule has 0 aliphatic carbocycles. The summed E-state index contributed by atoms with van der Waals surface area (Å²) in [6.07, 6.45) is 0. The summed E-state index contributed by atoms with van der Waals surface area (Å²) >= 11 is 1.32. The van der Waals surface area contributed by atoms with E-state index in [4.69, 9.17) is 9.47 Å². The average Bonchev–Trinajstić information content (AvgIpc) is 2.92. The molecule has 3 aromatic rings. The Hall–Kier alpha value is -2.51. The molecule has 1 aromatic carbocycles. The van der Waals surface area contributed by atoms with Crippen molar-refractivity contribution >= 4 is 33.1 Å². The molecule has 6 nitrogen and oxygen atoms in total. The van der Waals surface area contributed by atoms with E-state index in [0.29, 0.717) is 21.4 Å². The van der Waals surface area contributed by atoms with Gasteiger partial charge in [-0.1, -0.05) is 18.2 Å². The molecule has 0 aliphatic rings. The van der Waals surface area contributed by atoms with Gasteiger partial charge in [0.05, 0.1) is 17.4 Å². The van der Waals surface area contributed by atoms with Crippen molar-refractivity contribution in [1.29, 1.82) is 0 Å². The number of nitrogens with zero attached hydrogens (tertiary/aromatic N) is 2. The van der Waals surface area contributed by atoms with Crippen LogP contribution < -0.4 is 10.1 Å². The monoisotopic (exact) mass is 343 g/mol. The number of carbonyl (C=O) groups excluding carboxylic acids is 1. The van der Waals surface area contributed by atoms with Crippen LogP contribution in [0.5, 0.6) is 5.88 Å². The molecular formula is C17H17N3O3S. The molecule has 3 rings (SSSR count). The van der Waals surface area contributed by atoms with E-state index in [1.165, 1.54) is 11.3 Å². The largest absolute Gasteiger partial charge is 0.480 e. The Bertz CT molecular complexity index is 878. The van der Waals surface area contributed by atoms with E-state index >= 15 is 0 Å². The fourth-order valence-corrected chi connectivity index (χ4v) is 3.50. The third-order valence-electron chi connectivity index (χ3n) is 3.51. The fraction of sp³-hybridized carbons (Fsp3) is 0.235. The minimum absolute atomic E-state index is 0.169. The fourth-order valence-electron chi connectivity index (χ4n) is 2.41. The van der Waals surface area contributed by atoms with Gasteiger partial charge in [-0.15, -0.1) is 11.3 Å². The average molecular weight is 343 g/mol. The zero-order valence-corrected chi connectivity index (χ0v) is 14.4. The summed E-state index contributed by atoms with van der Waals surface area (Å²) in [5.74, 6) is 0.815. The summed E-state index contributed by atoms with van der Waals surface area (Å²) in [5, 5.41) is 3.66. The van der Waals surface area contributed by atoms with Crippen molar-refractivity contribution in [2.45, 2.75) is 13.5 Å². The molecular weight excluding hydrogens is 326 g/mol. The van der Waals surface area contributed by atoms with Crippen molar-refractivity contribution in [3.05, 3.63) is 46.6 Å². The van der Waals surface area contributed by atoms with Crippen molar-refractivity contribution in [2.75, 3.05) is 19.5 Å². The van der Waals surface area contributed by atoms with Crippen LogP contribution in [0.4, 0.5) is 5.69 Å². The van der Waals surface area contributed by atoms with Crippen LogP contribution in [-0.4, -0.2) is 30.1 Å². The molecule has 0 bridgehead atoms. The minimum Gasteiger partial charge on any atom is -0.480 e. The maximum Gasteiger partial charge on any atom is 0.266 e. The first kappa shape index (κ1) is 16.4. The zero-order chi connectivity index (χ0) is 17.1. The van der Waals surface area contributed by atoms with E-state index in [1.807, 2.05) is 37.3 Å². The molecule has 0 unspecified atom stereocenters. The van der Waals surface area contributed by atoms with E-state index in [0.717, 1.165) is 16.6 Å². The number of carbonyl (C=O) groups is 1. The number of para-hydroxylation sites is 1.